The van der Waals surface area contributed by atoms with Crippen molar-refractivity contribution < 1.29 is 28.2 Å². The Morgan fingerprint density at radius 3 is 2.24 bits per heavy atom. The molecule has 172 valence electrons. The Morgan fingerprint density at radius 2 is 1.59 bits per heavy atom. The van der Waals surface area contributed by atoms with Crippen molar-refractivity contribution in [1.29, 1.82) is 0 Å². The van der Waals surface area contributed by atoms with E-state index < -0.39 is 5.92 Å². The van der Waals surface area contributed by atoms with Crippen LogP contribution in [0.25, 0.3) is 22.1 Å². The average Bonchev–Trinajstić information content (AvgIpc) is 2.87. The van der Waals surface area contributed by atoms with Gasteiger partial charge in [-0.3, -0.25) is 9.59 Å². The molecule has 1 aliphatic heterocycles. The number of hydrogen-bond acceptors (Lipinski definition) is 7. The van der Waals surface area contributed by atoms with Crippen LogP contribution >= 0.6 is 0 Å². The van der Waals surface area contributed by atoms with Gasteiger partial charge in [0.15, 0.2) is 11.5 Å². The summed E-state index contributed by atoms with van der Waals surface area (Å²) >= 11 is 0. The summed E-state index contributed by atoms with van der Waals surface area (Å²) in [6.07, 6.45) is 1.53. The first-order valence-electron chi connectivity index (χ1n) is 10.7. The lowest BCUT2D eigenvalue weighted by Crippen LogP contribution is -2.22. The van der Waals surface area contributed by atoms with Gasteiger partial charge in [-0.25, -0.2) is 0 Å². The van der Waals surface area contributed by atoms with E-state index >= 15 is 0 Å². The molecule has 0 N–H and O–H groups in total. The molecule has 34 heavy (non-hydrogen) atoms. The summed E-state index contributed by atoms with van der Waals surface area (Å²) in [6.45, 7) is 0. The van der Waals surface area contributed by atoms with Crippen LogP contribution in [0.3, 0.4) is 0 Å². The summed E-state index contributed by atoms with van der Waals surface area (Å²) in [5, 5.41) is 0.412. The van der Waals surface area contributed by atoms with Gasteiger partial charge in [0.2, 0.25) is 11.2 Å². The number of benzene rings is 3. The maximum Gasteiger partial charge on any atom is 0.312 e. The van der Waals surface area contributed by atoms with Crippen LogP contribution in [0, 0.1) is 0 Å². The van der Waals surface area contributed by atoms with Crippen molar-refractivity contribution in [3.63, 3.8) is 0 Å². The number of hydrogen-bond donors (Lipinski definition) is 0. The molecule has 0 saturated heterocycles. The van der Waals surface area contributed by atoms with Gasteiger partial charge >= 0.3 is 5.97 Å². The molecule has 0 aliphatic carbocycles. The topological polar surface area (TPSA) is 84.2 Å². The Kier molecular flexibility index (Phi) is 5.45. The molecule has 2 heterocycles. The molecule has 3 aromatic carbocycles. The third kappa shape index (κ3) is 3.46. The second kappa shape index (κ2) is 8.59. The molecule has 7 heteroatoms. The van der Waals surface area contributed by atoms with Gasteiger partial charge in [0.05, 0.1) is 38.7 Å². The minimum absolute atomic E-state index is 0.0644. The quantitative estimate of drug-likeness (QED) is 0.310. The third-order valence-corrected chi connectivity index (χ3v) is 6.06. The van der Waals surface area contributed by atoms with Crippen molar-refractivity contribution in [2.24, 2.45) is 0 Å². The van der Waals surface area contributed by atoms with Gasteiger partial charge < -0.3 is 23.4 Å². The zero-order valence-corrected chi connectivity index (χ0v) is 18.9. The highest BCUT2D eigenvalue weighted by Crippen LogP contribution is 2.47. The van der Waals surface area contributed by atoms with Crippen molar-refractivity contribution in [3.8, 4) is 34.1 Å². The average molecular weight is 458 g/mol. The summed E-state index contributed by atoms with van der Waals surface area (Å²) in [5.74, 6) is 0.909. The van der Waals surface area contributed by atoms with Crippen LogP contribution in [0.1, 0.15) is 23.5 Å². The maximum atomic E-state index is 13.4. The van der Waals surface area contributed by atoms with Crippen LogP contribution in [0.2, 0.25) is 0 Å². The molecular formula is C27H22O7. The van der Waals surface area contributed by atoms with Gasteiger partial charge in [-0.2, -0.15) is 0 Å². The molecule has 0 bridgehead atoms. The molecule has 0 amide bonds. The van der Waals surface area contributed by atoms with E-state index in [2.05, 4.69) is 0 Å². The summed E-state index contributed by atoms with van der Waals surface area (Å²) < 4.78 is 28.0. The smallest absolute Gasteiger partial charge is 0.312 e. The van der Waals surface area contributed by atoms with Crippen molar-refractivity contribution >= 4 is 16.9 Å². The summed E-state index contributed by atoms with van der Waals surface area (Å²) in [5.41, 5.74) is 2.83. The second-order valence-electron chi connectivity index (χ2n) is 7.89. The number of fused-ring (bicyclic) bond motifs is 3. The summed E-state index contributed by atoms with van der Waals surface area (Å²) in [4.78, 5) is 25.9. The highest BCUT2D eigenvalue weighted by Gasteiger charge is 2.33. The lowest BCUT2D eigenvalue weighted by molar-refractivity contribution is -0.135. The minimum atomic E-state index is -0.445. The van der Waals surface area contributed by atoms with E-state index in [0.29, 0.717) is 45.1 Å². The minimum Gasteiger partial charge on any atom is -0.493 e. The molecule has 0 unspecified atom stereocenters. The standard InChI is InChI=1S/C27H22O7/c1-30-21-11-16(12-22(31-2)27(21)32-3)18-13-23(28)34-20-10-9-17-25(29)19(14-33-26(17)24(18)20)15-7-5-4-6-8-15/h4-12,14,18H,13H2,1-3H3/t18-/m1/s1. The fraction of sp³-hybridized carbons (Fsp3) is 0.185. The first-order valence-corrected chi connectivity index (χ1v) is 10.7. The number of esters is 1. The molecule has 0 radical (unpaired) electrons. The van der Waals surface area contributed by atoms with Crippen molar-refractivity contribution in [1.82, 2.24) is 0 Å². The second-order valence-corrected chi connectivity index (χ2v) is 7.89. The predicted octanol–water partition coefficient (Wildman–Crippen LogP) is 4.93. The Bertz CT molecular complexity index is 1430. The van der Waals surface area contributed by atoms with E-state index in [-0.39, 0.29) is 17.8 Å². The molecule has 1 aliphatic rings. The van der Waals surface area contributed by atoms with E-state index in [1.54, 1.807) is 24.3 Å². The summed E-state index contributed by atoms with van der Waals surface area (Å²) in [6, 6.07) is 16.2. The van der Waals surface area contributed by atoms with E-state index in [4.69, 9.17) is 23.4 Å². The van der Waals surface area contributed by atoms with Crippen LogP contribution in [0.5, 0.6) is 23.0 Å². The molecule has 0 saturated carbocycles. The first-order chi connectivity index (χ1) is 16.5. The third-order valence-electron chi connectivity index (χ3n) is 6.06. The number of methoxy groups -OCH3 is 3. The molecule has 1 atom stereocenters. The normalized spacial score (nSPS) is 14.9. The highest BCUT2D eigenvalue weighted by molar-refractivity contribution is 5.90. The van der Waals surface area contributed by atoms with Gasteiger partial charge in [0.25, 0.3) is 0 Å². The van der Waals surface area contributed by atoms with Crippen molar-refractivity contribution in [2.45, 2.75) is 12.3 Å². The fourth-order valence-electron chi connectivity index (χ4n) is 4.46. The van der Waals surface area contributed by atoms with Crippen LogP contribution in [-0.4, -0.2) is 27.3 Å². The number of carbonyl (C=O) groups excluding carboxylic acids is 1. The summed E-state index contributed by atoms with van der Waals surface area (Å²) in [7, 11) is 4.59. The zero-order valence-electron chi connectivity index (χ0n) is 18.9. The van der Waals surface area contributed by atoms with Crippen LogP contribution in [0.15, 0.2) is 70.1 Å². The molecule has 0 fully saturated rings. The SMILES string of the molecule is COc1cc([C@H]2CC(=O)Oc3ccc4c(=O)c(-c5ccccc5)coc4c32)cc(OC)c1OC. The van der Waals surface area contributed by atoms with Crippen LogP contribution in [0.4, 0.5) is 0 Å². The van der Waals surface area contributed by atoms with Gasteiger partial charge in [-0.05, 0) is 35.4 Å². The predicted molar refractivity (Wildman–Crippen MR) is 126 cm³/mol. The lowest BCUT2D eigenvalue weighted by Gasteiger charge is -2.26. The Balaban J connectivity index is 1.74. The van der Waals surface area contributed by atoms with E-state index in [0.717, 1.165) is 11.1 Å². The van der Waals surface area contributed by atoms with Crippen molar-refractivity contribution in [3.05, 3.63) is 82.2 Å². The Morgan fingerprint density at radius 1 is 0.882 bits per heavy atom. The number of carbonyl (C=O) groups is 1. The van der Waals surface area contributed by atoms with E-state index in [1.807, 2.05) is 30.3 Å². The molecule has 5 rings (SSSR count). The highest BCUT2D eigenvalue weighted by atomic mass is 16.5. The largest absolute Gasteiger partial charge is 0.493 e. The van der Waals surface area contributed by atoms with E-state index in [1.165, 1.54) is 27.6 Å². The Hall–Kier alpha value is -4.26. The Labute approximate surface area is 195 Å². The van der Waals surface area contributed by atoms with Gasteiger partial charge in [0.1, 0.15) is 17.6 Å². The van der Waals surface area contributed by atoms with Gasteiger partial charge in [-0.1, -0.05) is 30.3 Å². The van der Waals surface area contributed by atoms with Gasteiger partial charge in [0, 0.05) is 11.5 Å². The molecule has 0 spiro atoms. The fourth-order valence-corrected chi connectivity index (χ4v) is 4.46. The zero-order chi connectivity index (χ0) is 23.8. The van der Waals surface area contributed by atoms with Crippen LogP contribution in [-0.2, 0) is 4.79 Å². The maximum absolute atomic E-state index is 13.4. The monoisotopic (exact) mass is 458 g/mol. The molecular weight excluding hydrogens is 436 g/mol. The molecule has 7 nitrogen and oxygen atoms in total. The van der Waals surface area contributed by atoms with Gasteiger partial charge in [-0.15, -0.1) is 0 Å². The lowest BCUT2D eigenvalue weighted by atomic mass is 9.84. The van der Waals surface area contributed by atoms with Crippen LogP contribution < -0.4 is 24.4 Å². The first kappa shape index (κ1) is 21.6. The number of ether oxygens (including phenoxy) is 4. The molecule has 1 aromatic heterocycles. The number of rotatable bonds is 5. The van der Waals surface area contributed by atoms with E-state index in [9.17, 15) is 9.59 Å². The van der Waals surface area contributed by atoms with Crippen molar-refractivity contribution in [2.75, 3.05) is 21.3 Å². The molecule has 4 aromatic rings.